The summed E-state index contributed by atoms with van der Waals surface area (Å²) in [6.07, 6.45) is 5.27. The van der Waals surface area contributed by atoms with Crippen LogP contribution in [0.1, 0.15) is 103 Å². The van der Waals surface area contributed by atoms with Gasteiger partial charge in [-0.3, -0.25) is 14.4 Å². The van der Waals surface area contributed by atoms with Crippen LogP contribution in [0, 0.1) is 23.7 Å². The highest BCUT2D eigenvalue weighted by molar-refractivity contribution is 7.80. The van der Waals surface area contributed by atoms with Gasteiger partial charge in [0, 0.05) is 63.6 Å². The van der Waals surface area contributed by atoms with E-state index < -0.39 is 17.6 Å². The van der Waals surface area contributed by atoms with Crippen LogP contribution in [0.3, 0.4) is 0 Å². The van der Waals surface area contributed by atoms with E-state index in [0.717, 1.165) is 35.6 Å². The first kappa shape index (κ1) is 43.8. The second-order valence-electron chi connectivity index (χ2n) is 15.7. The Balaban J connectivity index is 1.78. The molecule has 52 heavy (non-hydrogen) atoms. The Labute approximate surface area is 322 Å². The van der Waals surface area contributed by atoms with Gasteiger partial charge in [0.25, 0.3) is 0 Å². The standard InChI is InChI=1S/C41H64N4O5S2/c1-11-27(4)37(44(8)40(48)31(26(2)3)24-35(46)41(6,7)42)33(49-9)25-36(47)45-20-15-18-32(45)38(50-10)28(5)34(51)23-30(39-43-19-21-52-39)22-29-16-13-12-14-17-29/h12-14,16-17,19,21,26-28,30-33,37-38H,11,15,18,20,22-25,42H2,1-10H3. The smallest absolute Gasteiger partial charge is 0.226 e. The molecule has 1 aliphatic heterocycles. The zero-order chi connectivity index (χ0) is 38.7. The fraction of sp³-hybridized carbons (Fsp3) is 0.683. The monoisotopic (exact) mass is 756 g/mol. The van der Waals surface area contributed by atoms with Gasteiger partial charge in [-0.15, -0.1) is 11.3 Å². The highest BCUT2D eigenvalue weighted by Crippen LogP contribution is 2.34. The van der Waals surface area contributed by atoms with E-state index in [-0.39, 0.29) is 72.3 Å². The van der Waals surface area contributed by atoms with Crippen LogP contribution >= 0.6 is 23.6 Å². The van der Waals surface area contributed by atoms with Crippen LogP contribution in [0.25, 0.3) is 0 Å². The Morgan fingerprint density at radius 1 is 1.08 bits per heavy atom. The molecular formula is C41H64N4O5S2. The number of likely N-dealkylation sites (N-methyl/N-ethyl adjacent to an activating group) is 1. The molecule has 0 radical (unpaired) electrons. The van der Waals surface area contributed by atoms with Gasteiger partial charge in [0.05, 0.1) is 41.3 Å². The Kier molecular flexibility index (Phi) is 17.0. The predicted molar refractivity (Wildman–Crippen MR) is 215 cm³/mol. The van der Waals surface area contributed by atoms with E-state index in [1.807, 2.05) is 36.4 Å². The molecule has 8 atom stereocenters. The van der Waals surface area contributed by atoms with E-state index in [9.17, 15) is 14.4 Å². The molecule has 2 amide bonds. The first-order valence-corrected chi connectivity index (χ1v) is 20.2. The van der Waals surface area contributed by atoms with Gasteiger partial charge in [-0.1, -0.05) is 83.6 Å². The van der Waals surface area contributed by atoms with Gasteiger partial charge in [0.1, 0.15) is 0 Å². The van der Waals surface area contributed by atoms with Gasteiger partial charge < -0.3 is 25.0 Å². The van der Waals surface area contributed by atoms with Gasteiger partial charge in [0.15, 0.2) is 5.78 Å². The molecule has 0 spiro atoms. The number of rotatable bonds is 21. The number of likely N-dealkylation sites (tertiary alicyclic amines) is 1. The molecule has 0 aliphatic carbocycles. The molecule has 3 rings (SSSR count). The van der Waals surface area contributed by atoms with Crippen molar-refractivity contribution in [3.63, 3.8) is 0 Å². The lowest BCUT2D eigenvalue weighted by molar-refractivity contribution is -0.148. The Morgan fingerprint density at radius 2 is 1.75 bits per heavy atom. The van der Waals surface area contributed by atoms with Crippen LogP contribution < -0.4 is 5.73 Å². The molecule has 0 bridgehead atoms. The van der Waals surface area contributed by atoms with Crippen molar-refractivity contribution in [1.82, 2.24) is 14.8 Å². The van der Waals surface area contributed by atoms with Crippen LogP contribution in [0.5, 0.6) is 0 Å². The number of carbonyl (C=O) groups excluding carboxylic acids is 3. The number of nitrogens with zero attached hydrogens (tertiary/aromatic N) is 3. The summed E-state index contributed by atoms with van der Waals surface area (Å²) in [7, 11) is 5.11. The van der Waals surface area contributed by atoms with Gasteiger partial charge in [0.2, 0.25) is 11.8 Å². The van der Waals surface area contributed by atoms with Gasteiger partial charge in [-0.2, -0.15) is 0 Å². The number of nitrogens with two attached hydrogens (primary N) is 1. The van der Waals surface area contributed by atoms with Crippen LogP contribution in [0.2, 0.25) is 0 Å². The number of hydrogen-bond acceptors (Lipinski definition) is 9. The number of ketones is 1. The van der Waals surface area contributed by atoms with Crippen LogP contribution in [0.4, 0.5) is 0 Å². The predicted octanol–water partition coefficient (Wildman–Crippen LogP) is 7.12. The summed E-state index contributed by atoms with van der Waals surface area (Å²) in [4.78, 5) is 50.6. The van der Waals surface area contributed by atoms with Crippen LogP contribution in [0.15, 0.2) is 41.9 Å². The van der Waals surface area contributed by atoms with E-state index in [0.29, 0.717) is 13.0 Å². The minimum atomic E-state index is -1.03. The van der Waals surface area contributed by atoms with Crippen molar-refractivity contribution in [2.75, 3.05) is 27.8 Å². The average molecular weight is 757 g/mol. The van der Waals surface area contributed by atoms with Gasteiger partial charge in [-0.25, -0.2) is 4.98 Å². The van der Waals surface area contributed by atoms with Crippen molar-refractivity contribution < 1.29 is 23.9 Å². The molecule has 2 heterocycles. The minimum absolute atomic E-state index is 0.0196. The van der Waals surface area contributed by atoms with Crippen molar-refractivity contribution in [3.05, 3.63) is 52.5 Å². The lowest BCUT2D eigenvalue weighted by atomic mass is 9.83. The van der Waals surface area contributed by atoms with Crippen molar-refractivity contribution in [2.45, 2.75) is 129 Å². The molecule has 1 aromatic carbocycles. The number of amides is 2. The molecule has 1 aliphatic rings. The highest BCUT2D eigenvalue weighted by Gasteiger charge is 2.43. The van der Waals surface area contributed by atoms with E-state index in [1.165, 1.54) is 5.56 Å². The Bertz CT molecular complexity index is 1430. The van der Waals surface area contributed by atoms with Crippen molar-refractivity contribution >= 4 is 46.0 Å². The van der Waals surface area contributed by atoms with Crippen molar-refractivity contribution in [3.8, 4) is 0 Å². The lowest BCUT2D eigenvalue weighted by Gasteiger charge is -2.41. The Morgan fingerprint density at radius 3 is 2.29 bits per heavy atom. The normalized spacial score (nSPS) is 19.1. The first-order valence-electron chi connectivity index (χ1n) is 18.9. The molecule has 2 aromatic rings. The van der Waals surface area contributed by atoms with Crippen molar-refractivity contribution in [1.29, 1.82) is 0 Å². The summed E-state index contributed by atoms with van der Waals surface area (Å²) in [6, 6.07) is 9.94. The maximum atomic E-state index is 14.3. The van der Waals surface area contributed by atoms with E-state index in [4.69, 9.17) is 27.4 Å². The summed E-state index contributed by atoms with van der Waals surface area (Å²) in [5.74, 6) is -0.763. The molecule has 9 nitrogen and oxygen atoms in total. The third kappa shape index (κ3) is 11.5. The number of ether oxygens (including phenoxy) is 2. The minimum Gasteiger partial charge on any atom is -0.379 e. The first-order chi connectivity index (χ1) is 24.5. The molecule has 0 saturated carbocycles. The third-order valence-corrected chi connectivity index (χ3v) is 12.6. The number of thiocarbonyl (C=S) groups is 1. The fourth-order valence-corrected chi connectivity index (χ4v) is 8.76. The van der Waals surface area contributed by atoms with Crippen LogP contribution in [-0.2, 0) is 30.3 Å². The van der Waals surface area contributed by atoms with E-state index in [1.54, 1.807) is 51.4 Å². The number of thiazole rings is 1. The molecule has 1 saturated heterocycles. The quantitative estimate of drug-likeness (QED) is 0.134. The zero-order valence-electron chi connectivity index (χ0n) is 33.2. The summed E-state index contributed by atoms with van der Waals surface area (Å²) in [5.41, 5.74) is 6.33. The molecule has 1 fully saturated rings. The van der Waals surface area contributed by atoms with Gasteiger partial charge in [-0.05, 0) is 61.8 Å². The fourth-order valence-electron chi connectivity index (χ4n) is 7.68. The molecule has 290 valence electrons. The topological polar surface area (TPSA) is 115 Å². The molecule has 11 heteroatoms. The third-order valence-electron chi connectivity index (χ3n) is 11.2. The average Bonchev–Trinajstić information content (AvgIpc) is 3.83. The molecule has 8 unspecified atom stereocenters. The number of hydrogen-bond donors (Lipinski definition) is 1. The number of aromatic nitrogens is 1. The summed E-state index contributed by atoms with van der Waals surface area (Å²) < 4.78 is 12.2. The second kappa shape index (κ2) is 20.2. The number of methoxy groups -OCH3 is 2. The number of Topliss-reactive ketones (excluding diaryl/α,β-unsaturated/α-hetero) is 1. The summed E-state index contributed by atoms with van der Waals surface area (Å²) in [6.45, 7) is 14.2. The highest BCUT2D eigenvalue weighted by atomic mass is 32.1. The SMILES string of the molecule is CCC(C)C(C(CC(=O)N1CCCC1C(OC)C(C)C(=S)CC(Cc1ccccc1)c1nccs1)OC)N(C)C(=O)C(CC(=O)C(C)(C)N)C(C)C. The largest absolute Gasteiger partial charge is 0.379 e. The second-order valence-corrected chi connectivity index (χ2v) is 17.2. The Hall–Kier alpha value is -2.57. The zero-order valence-corrected chi connectivity index (χ0v) is 34.8. The van der Waals surface area contributed by atoms with Gasteiger partial charge >= 0.3 is 0 Å². The molecular weight excluding hydrogens is 693 g/mol. The lowest BCUT2D eigenvalue weighted by Crippen LogP contribution is -2.54. The maximum Gasteiger partial charge on any atom is 0.226 e. The maximum absolute atomic E-state index is 14.3. The molecule has 2 N–H and O–H groups in total. The number of benzene rings is 1. The number of carbonyl (C=O) groups is 3. The summed E-state index contributed by atoms with van der Waals surface area (Å²) in [5, 5.41) is 3.09. The van der Waals surface area contributed by atoms with E-state index >= 15 is 0 Å². The van der Waals surface area contributed by atoms with Crippen LogP contribution in [-0.4, -0.2) is 94.9 Å². The summed E-state index contributed by atoms with van der Waals surface area (Å²) >= 11 is 7.80. The van der Waals surface area contributed by atoms with E-state index in [2.05, 4.69) is 50.0 Å². The molecule has 1 aromatic heterocycles. The van der Waals surface area contributed by atoms with Crippen molar-refractivity contribution in [2.24, 2.45) is 29.4 Å².